The van der Waals surface area contributed by atoms with E-state index in [1.165, 1.54) is 0 Å². The molecule has 1 nitrogen and oxygen atoms in total. The average Bonchev–Trinajstić information content (AvgIpc) is 3.69. The summed E-state index contributed by atoms with van der Waals surface area (Å²) in [4.78, 5) is 0. The molecule has 0 atom stereocenters. The number of fused-ring (bicyclic) bond motifs is 6. The molecule has 0 spiro atoms. The molecule has 0 saturated heterocycles. The van der Waals surface area contributed by atoms with Gasteiger partial charge in [0, 0.05) is 10.8 Å². The summed E-state index contributed by atoms with van der Waals surface area (Å²) in [6.07, 6.45) is 0. The summed E-state index contributed by atoms with van der Waals surface area (Å²) in [5.41, 5.74) is 3.65. The molecule has 1 heterocycles. The van der Waals surface area contributed by atoms with Crippen LogP contribution in [0.3, 0.4) is 0 Å². The summed E-state index contributed by atoms with van der Waals surface area (Å²) in [5, 5.41) is 2.52. The number of benzene rings is 9. The zero-order chi connectivity index (χ0) is 43.6. The van der Waals surface area contributed by atoms with Crippen LogP contribution in [0, 0.1) is 0 Å². The number of hydrogen-bond donors (Lipinski definition) is 0. The van der Waals surface area contributed by atoms with E-state index >= 15 is 0 Å². The minimum absolute atomic E-state index is 0.00557. The third-order valence-corrected chi connectivity index (χ3v) is 8.98. The molecule has 10 rings (SSSR count). The fourth-order valence-corrected chi connectivity index (χ4v) is 6.84. The molecule has 0 aliphatic rings. The van der Waals surface area contributed by atoms with Crippen molar-refractivity contribution in [3.63, 3.8) is 0 Å². The van der Waals surface area contributed by atoms with Crippen molar-refractivity contribution in [3.05, 3.63) is 182 Å². The fourth-order valence-electron chi connectivity index (χ4n) is 6.84. The van der Waals surface area contributed by atoms with Crippen molar-refractivity contribution in [3.8, 4) is 44.5 Å². The van der Waals surface area contributed by atoms with Crippen molar-refractivity contribution >= 4 is 54.3 Å². The fraction of sp³-hybridized carbons (Fsp3) is 0. The molecule has 228 valence electrons. The van der Waals surface area contributed by atoms with Gasteiger partial charge in [-0.15, -0.1) is 0 Å². The van der Waals surface area contributed by atoms with Crippen LogP contribution in [0.25, 0.3) is 98.8 Å². The van der Waals surface area contributed by atoms with Gasteiger partial charge in [0.15, 0.2) is 0 Å². The molecular formula is C48H30O. The lowest BCUT2D eigenvalue weighted by atomic mass is 9.84. The highest BCUT2D eigenvalue weighted by atomic mass is 16.3. The van der Waals surface area contributed by atoms with Crippen molar-refractivity contribution in [2.75, 3.05) is 0 Å². The van der Waals surface area contributed by atoms with Crippen LogP contribution in [-0.2, 0) is 0 Å². The second kappa shape index (κ2) is 11.1. The molecule has 0 saturated carbocycles. The zero-order valence-corrected chi connectivity index (χ0v) is 25.7. The van der Waals surface area contributed by atoms with Gasteiger partial charge in [0.25, 0.3) is 0 Å². The molecule has 0 N–H and O–H groups in total. The van der Waals surface area contributed by atoms with Crippen LogP contribution in [0.1, 0.15) is 17.8 Å². The van der Waals surface area contributed by atoms with E-state index in [0.717, 1.165) is 22.8 Å². The van der Waals surface area contributed by atoms with Crippen molar-refractivity contribution in [2.45, 2.75) is 0 Å². The molecular weight excluding hydrogens is 593 g/mol. The first-order chi connectivity index (χ1) is 29.7. The van der Waals surface area contributed by atoms with Gasteiger partial charge in [0.2, 0.25) is 0 Å². The van der Waals surface area contributed by atoms with Crippen molar-refractivity contribution < 1.29 is 22.2 Å². The van der Waals surface area contributed by atoms with Gasteiger partial charge in [-0.1, -0.05) is 139 Å². The Morgan fingerprint density at radius 2 is 0.939 bits per heavy atom. The molecule has 49 heavy (non-hydrogen) atoms. The molecule has 0 fully saturated rings. The Hall–Kier alpha value is -6.44. The van der Waals surface area contributed by atoms with Crippen LogP contribution in [0.5, 0.6) is 0 Å². The summed E-state index contributed by atoms with van der Waals surface area (Å²) in [6, 6.07) is 26.8. The number of rotatable bonds is 4. The predicted molar refractivity (Wildman–Crippen MR) is 208 cm³/mol. The standard InChI is InChI=1S/C48H30O/c1-3-13-31(14-4-1)36-25-37(32-15-5-2-6-16-32)27-38(26-36)48-41-21-11-9-19-39(41)47(40-20-10-12-22-42(40)48)35-23-24-45-43(29-35)44-28-33-17-7-8-18-34(33)30-46(44)49-45/h1-30H/i1D,3D,4D,8D,13D,14D,17D,18D,23D,24D,28D,29D,30D. The van der Waals surface area contributed by atoms with E-state index in [4.69, 9.17) is 16.8 Å². The number of hydrogen-bond acceptors (Lipinski definition) is 1. The van der Waals surface area contributed by atoms with E-state index in [2.05, 4.69) is 0 Å². The molecule has 0 radical (unpaired) electrons. The quantitative estimate of drug-likeness (QED) is 0.175. The van der Waals surface area contributed by atoms with E-state index in [9.17, 15) is 5.48 Å². The summed E-state index contributed by atoms with van der Waals surface area (Å²) < 4.78 is 121. The highest BCUT2D eigenvalue weighted by Crippen LogP contribution is 2.46. The van der Waals surface area contributed by atoms with Gasteiger partial charge < -0.3 is 4.42 Å². The van der Waals surface area contributed by atoms with Gasteiger partial charge in [0.1, 0.15) is 11.2 Å². The van der Waals surface area contributed by atoms with Crippen molar-refractivity contribution in [1.29, 1.82) is 0 Å². The molecule has 0 bridgehead atoms. The molecule has 1 aromatic heterocycles. The van der Waals surface area contributed by atoms with Crippen LogP contribution < -0.4 is 0 Å². The summed E-state index contributed by atoms with van der Waals surface area (Å²) in [6.45, 7) is 0. The summed E-state index contributed by atoms with van der Waals surface area (Å²) in [7, 11) is 0. The summed E-state index contributed by atoms with van der Waals surface area (Å²) >= 11 is 0. The highest BCUT2D eigenvalue weighted by molar-refractivity contribution is 6.22. The Morgan fingerprint density at radius 3 is 1.65 bits per heavy atom. The molecule has 0 amide bonds. The third-order valence-electron chi connectivity index (χ3n) is 8.98. The van der Waals surface area contributed by atoms with Gasteiger partial charge in [-0.25, -0.2) is 0 Å². The Bertz CT molecular complexity index is 3530. The Morgan fingerprint density at radius 1 is 0.347 bits per heavy atom. The first-order valence-corrected chi connectivity index (χ1v) is 15.8. The second-order valence-electron chi connectivity index (χ2n) is 11.8. The maximum absolute atomic E-state index is 9.82. The van der Waals surface area contributed by atoms with E-state index in [1.807, 2.05) is 97.1 Å². The minimum atomic E-state index is -0.492. The molecule has 0 unspecified atom stereocenters. The maximum Gasteiger partial charge on any atom is 0.136 e. The molecule has 9 aromatic carbocycles. The van der Waals surface area contributed by atoms with Gasteiger partial charge in [0.05, 0.1) is 17.8 Å². The maximum atomic E-state index is 9.82. The average molecular weight is 636 g/mol. The minimum Gasteiger partial charge on any atom is -0.456 e. The SMILES string of the molecule is [2H]c1cc([2H])c2c([2H])c3c(oc4c([2H])c([2H])c(-c5c6ccccc6c(-c6cc(-c7ccccc7)cc(-c7c([2H])c([2H])c([2H])c([2H])c7[2H])c6)c6ccccc56)c([2H])c43)c([2H])c2c1[2H]. The smallest absolute Gasteiger partial charge is 0.136 e. The van der Waals surface area contributed by atoms with E-state index in [1.54, 1.807) is 0 Å². The van der Waals surface area contributed by atoms with Gasteiger partial charge in [-0.05, 0) is 119 Å². The largest absolute Gasteiger partial charge is 0.456 e. The lowest BCUT2D eigenvalue weighted by Gasteiger charge is -2.19. The Balaban J connectivity index is 1.33. The molecule has 0 aliphatic carbocycles. The normalized spacial score (nSPS) is 15.4. The van der Waals surface area contributed by atoms with Crippen LogP contribution in [0.2, 0.25) is 0 Å². The topological polar surface area (TPSA) is 13.1 Å². The van der Waals surface area contributed by atoms with Gasteiger partial charge >= 0.3 is 0 Å². The first-order valence-electron chi connectivity index (χ1n) is 22.3. The molecule has 10 aromatic rings. The molecule has 1 heteroatoms. The van der Waals surface area contributed by atoms with Crippen molar-refractivity contribution in [2.24, 2.45) is 0 Å². The van der Waals surface area contributed by atoms with E-state index < -0.39 is 18.1 Å². The van der Waals surface area contributed by atoms with E-state index in [-0.39, 0.29) is 104 Å². The second-order valence-corrected chi connectivity index (χ2v) is 11.8. The van der Waals surface area contributed by atoms with Crippen LogP contribution >= 0.6 is 0 Å². The Labute approximate surface area is 302 Å². The van der Waals surface area contributed by atoms with Crippen LogP contribution in [0.4, 0.5) is 0 Å². The Kier molecular flexibility index (Phi) is 3.99. The van der Waals surface area contributed by atoms with Gasteiger partial charge in [-0.3, -0.25) is 0 Å². The predicted octanol–water partition coefficient (Wildman–Crippen LogP) is 13.7. The lowest BCUT2D eigenvalue weighted by molar-refractivity contribution is 0.669. The summed E-state index contributed by atoms with van der Waals surface area (Å²) in [5.74, 6) is 0. The third kappa shape index (κ3) is 4.55. The lowest BCUT2D eigenvalue weighted by Crippen LogP contribution is -1.92. The van der Waals surface area contributed by atoms with E-state index in [0.29, 0.717) is 38.2 Å². The molecule has 0 aliphatic heterocycles. The van der Waals surface area contributed by atoms with Crippen molar-refractivity contribution in [1.82, 2.24) is 0 Å². The van der Waals surface area contributed by atoms with Gasteiger partial charge in [-0.2, -0.15) is 0 Å². The zero-order valence-electron chi connectivity index (χ0n) is 38.7. The van der Waals surface area contributed by atoms with Crippen LogP contribution in [0.15, 0.2) is 186 Å². The highest BCUT2D eigenvalue weighted by Gasteiger charge is 2.19. The van der Waals surface area contributed by atoms with Crippen LogP contribution in [-0.4, -0.2) is 0 Å². The monoisotopic (exact) mass is 635 g/mol. The first kappa shape index (κ1) is 17.6. The number of furan rings is 1.